The number of halogens is 3. The van der Waals surface area contributed by atoms with Crippen molar-refractivity contribution in [2.75, 3.05) is 39.4 Å². The van der Waals surface area contributed by atoms with Crippen molar-refractivity contribution in [3.8, 4) is 23.5 Å². The molecule has 0 bridgehead atoms. The van der Waals surface area contributed by atoms with Crippen molar-refractivity contribution < 1.29 is 28.7 Å². The van der Waals surface area contributed by atoms with E-state index in [4.69, 9.17) is 58.3 Å². The summed E-state index contributed by atoms with van der Waals surface area (Å²) in [5, 5.41) is 36.1. The van der Waals surface area contributed by atoms with E-state index in [1.807, 2.05) is 59.6 Å². The van der Waals surface area contributed by atoms with E-state index < -0.39 is 40.0 Å². The minimum atomic E-state index is -1.28. The van der Waals surface area contributed by atoms with Gasteiger partial charge in [-0.15, -0.1) is 0 Å². The SMILES string of the molecule is CCn1nc(-c2cnc3c(n2)c(C(=O)N[C@H](C)C(=O)N2CC(C#N)C2)cn3COCC[Si](C)(C)C)c2ccc(Cl)cc21.CCn1nc(C)c2ccc(Cl)cc21.C[C@@H](NC(=O)c1cn(COCC[Si](C)(C)C)c2ncc(Br)nc12)C(=O)N1CC(C#N)C1. The van der Waals surface area contributed by atoms with Crippen LogP contribution in [-0.2, 0) is 45.6 Å². The molecule has 0 unspecified atom stereocenters. The smallest absolute Gasteiger partial charge is 0.255 e. The van der Waals surface area contributed by atoms with Crippen LogP contribution in [0.2, 0.25) is 61.4 Å². The van der Waals surface area contributed by atoms with Gasteiger partial charge in [0.15, 0.2) is 11.3 Å². The van der Waals surface area contributed by atoms with E-state index in [0.717, 1.165) is 45.8 Å². The Labute approximate surface area is 520 Å². The molecule has 2 saturated heterocycles. The zero-order valence-corrected chi connectivity index (χ0v) is 55.5. The zero-order chi connectivity index (χ0) is 62.4. The van der Waals surface area contributed by atoms with Gasteiger partial charge in [-0.05, 0) is 99.0 Å². The number of nitrogens with zero attached hydrogens (tertiary/aromatic N) is 14. The molecule has 22 nitrogen and oxygen atoms in total. The first-order chi connectivity index (χ1) is 40.8. The van der Waals surface area contributed by atoms with E-state index in [9.17, 15) is 19.2 Å². The monoisotopic (exact) mass is 1310 g/mol. The minimum Gasteiger partial charge on any atom is -0.361 e. The lowest BCUT2D eigenvalue weighted by Gasteiger charge is -2.37. The average Bonchev–Trinajstić information content (AvgIpc) is 1.77. The van der Waals surface area contributed by atoms with Gasteiger partial charge in [-0.2, -0.15) is 20.7 Å². The lowest BCUT2D eigenvalue weighted by atomic mass is 10.0. The topological polar surface area (TPSA) is 262 Å². The number of rotatable bonds is 19. The molecule has 2 aliphatic heterocycles. The standard InChI is InChI=1S/C29H35ClN8O3Si.C20H27BrN6O3Si.C10H11ClN2/c1-6-38-24-11-20(30)7-8-21(24)25(35-38)23-13-32-27-26(34-23)22(16-37(27)17-41-9-10-42(3,4)5)28(39)33-18(2)29(40)36-14-19(12-31)15-36;1-13(20(29)26-9-14(7-22)10-26)24-19(28)15-11-27(12-30-5-6-31(2,3)4)18-17(15)25-16(21)8-23-18;1-3-13-10-6-8(11)4-5-9(10)7(2)12-13/h7-8,11,13,16,18-19H,6,9-10,14-15,17H2,1-5H3,(H,33,39);8,11,13-14H,5-6,9-10,12H2,1-4H3,(H,24,28);4-6H,3H2,1-2H3/t18-;13-;/m11./s1. The fourth-order valence-electron chi connectivity index (χ4n) is 9.64. The maximum Gasteiger partial charge on any atom is 0.255 e. The van der Waals surface area contributed by atoms with Crippen molar-refractivity contribution in [1.29, 1.82) is 10.5 Å². The summed E-state index contributed by atoms with van der Waals surface area (Å²) in [6, 6.07) is 16.3. The summed E-state index contributed by atoms with van der Waals surface area (Å²) >= 11 is 15.5. The van der Waals surface area contributed by atoms with Gasteiger partial charge in [-0.1, -0.05) is 62.5 Å². The van der Waals surface area contributed by atoms with Crippen molar-refractivity contribution in [2.45, 2.75) is 125 Å². The Morgan fingerprint density at radius 3 is 1.59 bits per heavy atom. The predicted octanol–water partition coefficient (Wildman–Crippen LogP) is 10.2. The molecule has 2 aromatic carbocycles. The number of carbonyl (C=O) groups excluding carboxylic acids is 4. The number of nitriles is 2. The molecule has 2 atom stereocenters. The summed E-state index contributed by atoms with van der Waals surface area (Å²) in [6.45, 7) is 27.9. The third-order valence-corrected chi connectivity index (χ3v) is 18.9. The van der Waals surface area contributed by atoms with Crippen molar-refractivity contribution in [3.63, 3.8) is 0 Å². The Morgan fingerprint density at radius 2 is 1.13 bits per heavy atom. The number of amides is 4. The second-order valence-corrected chi connectivity index (χ2v) is 36.9. The Morgan fingerprint density at radius 1 is 0.686 bits per heavy atom. The molecule has 2 fully saturated rings. The largest absolute Gasteiger partial charge is 0.361 e. The number of fused-ring (bicyclic) bond motifs is 4. The van der Waals surface area contributed by atoms with Gasteiger partial charge < -0.3 is 39.0 Å². The van der Waals surface area contributed by atoms with Crippen molar-refractivity contribution in [1.82, 2.24) is 69.1 Å². The molecule has 86 heavy (non-hydrogen) atoms. The van der Waals surface area contributed by atoms with Gasteiger partial charge in [0.2, 0.25) is 11.8 Å². The van der Waals surface area contributed by atoms with Crippen LogP contribution >= 0.6 is 39.1 Å². The van der Waals surface area contributed by atoms with Gasteiger partial charge in [0.1, 0.15) is 52.6 Å². The molecule has 4 amide bonds. The second-order valence-electron chi connectivity index (χ2n) is 23.9. The molecule has 454 valence electrons. The number of hydrogen-bond acceptors (Lipinski definition) is 14. The maximum atomic E-state index is 13.6. The number of nitrogens with one attached hydrogen (secondary N) is 2. The highest BCUT2D eigenvalue weighted by atomic mass is 79.9. The quantitative estimate of drug-likeness (QED) is 0.0564. The molecular weight excluding hydrogens is 1240 g/mol. The van der Waals surface area contributed by atoms with Crippen LogP contribution in [0.3, 0.4) is 0 Å². The highest BCUT2D eigenvalue weighted by molar-refractivity contribution is 9.10. The number of hydrogen-bond donors (Lipinski definition) is 2. The normalized spacial score (nSPS) is 14.4. The summed E-state index contributed by atoms with van der Waals surface area (Å²) in [4.78, 5) is 73.3. The molecule has 0 aliphatic carbocycles. The molecule has 8 aromatic rings. The van der Waals surface area contributed by atoms with Crippen LogP contribution in [0.4, 0.5) is 0 Å². The van der Waals surface area contributed by atoms with E-state index >= 15 is 0 Å². The van der Waals surface area contributed by atoms with E-state index in [1.165, 1.54) is 5.39 Å². The van der Waals surface area contributed by atoms with Crippen LogP contribution < -0.4 is 10.6 Å². The molecule has 0 saturated carbocycles. The molecule has 8 heterocycles. The highest BCUT2D eigenvalue weighted by Crippen LogP contribution is 2.31. The number of carbonyl (C=O) groups is 4. The number of benzene rings is 2. The maximum absolute atomic E-state index is 13.6. The summed E-state index contributed by atoms with van der Waals surface area (Å²) in [7, 11) is -2.47. The molecule has 10 rings (SSSR count). The summed E-state index contributed by atoms with van der Waals surface area (Å²) in [5.74, 6) is -1.57. The van der Waals surface area contributed by atoms with Crippen molar-refractivity contribution in [2.24, 2.45) is 11.8 Å². The van der Waals surface area contributed by atoms with Crippen LogP contribution in [0, 0.1) is 41.4 Å². The summed E-state index contributed by atoms with van der Waals surface area (Å²) in [5.41, 5.74) is 6.69. The molecule has 0 spiro atoms. The van der Waals surface area contributed by atoms with E-state index in [0.29, 0.717) is 94.8 Å². The molecule has 0 radical (unpaired) electrons. The summed E-state index contributed by atoms with van der Waals surface area (Å²) in [6.07, 6.45) is 6.56. The van der Waals surface area contributed by atoms with Gasteiger partial charge in [0.05, 0.1) is 64.2 Å². The van der Waals surface area contributed by atoms with E-state index in [-0.39, 0.29) is 42.7 Å². The number of aromatic nitrogens is 10. The lowest BCUT2D eigenvalue weighted by Crippen LogP contribution is -2.55. The Balaban J connectivity index is 0.000000190. The Kier molecular flexibility index (Phi) is 20.9. The van der Waals surface area contributed by atoms with Crippen molar-refractivity contribution >= 4 is 123 Å². The third kappa shape index (κ3) is 15.5. The zero-order valence-electron chi connectivity index (χ0n) is 50.4. The van der Waals surface area contributed by atoms with Crippen LogP contribution in [-0.4, -0.2) is 150 Å². The molecule has 2 N–H and O–H groups in total. The average molecular weight is 1310 g/mol. The number of aryl methyl sites for hydroxylation is 3. The number of likely N-dealkylation sites (tertiary alicyclic amines) is 2. The predicted molar refractivity (Wildman–Crippen MR) is 341 cm³/mol. The third-order valence-electron chi connectivity index (χ3n) is 14.7. The lowest BCUT2D eigenvalue weighted by molar-refractivity contribution is -0.138. The van der Waals surface area contributed by atoms with E-state index in [2.05, 4.69) is 100.0 Å². The van der Waals surface area contributed by atoms with Crippen molar-refractivity contribution in [3.05, 3.63) is 92.7 Å². The first-order valence-electron chi connectivity index (χ1n) is 28.6. The second kappa shape index (κ2) is 27.7. The van der Waals surface area contributed by atoms with Crippen LogP contribution in [0.5, 0.6) is 0 Å². The Hall–Kier alpha value is -7.11. The molecular formula is C59H73BrCl2N16O6Si2. The first-order valence-corrected chi connectivity index (χ1v) is 37.6. The van der Waals surface area contributed by atoms with E-state index in [1.54, 1.807) is 57.6 Å². The van der Waals surface area contributed by atoms with Gasteiger partial charge in [-0.25, -0.2) is 19.9 Å². The van der Waals surface area contributed by atoms with Gasteiger partial charge in [0.25, 0.3) is 11.8 Å². The molecule has 6 aromatic heterocycles. The van der Waals surface area contributed by atoms with Crippen LogP contribution in [0.25, 0.3) is 55.5 Å². The van der Waals surface area contributed by atoms with Crippen LogP contribution in [0.15, 0.2) is 65.8 Å². The van der Waals surface area contributed by atoms with Gasteiger partial charge in [0, 0.05) is 102 Å². The molecule has 27 heteroatoms. The van der Waals surface area contributed by atoms with Gasteiger partial charge in [-0.3, -0.25) is 28.5 Å². The minimum absolute atomic E-state index is 0.126. The van der Waals surface area contributed by atoms with Gasteiger partial charge >= 0.3 is 0 Å². The summed E-state index contributed by atoms with van der Waals surface area (Å²) < 4.78 is 19.7. The fraction of sp³-hybridized carbons (Fsp3) is 0.458. The van der Waals surface area contributed by atoms with Crippen LogP contribution in [0.1, 0.15) is 54.1 Å². The Bertz CT molecular complexity index is 3900. The fourth-order valence-corrected chi connectivity index (χ4v) is 11.8. The first kappa shape index (κ1) is 64.9. The molecule has 2 aliphatic rings. The number of ether oxygens (including phenoxy) is 2. The highest BCUT2D eigenvalue weighted by Gasteiger charge is 2.35.